The minimum absolute atomic E-state index is 0.158. The topological polar surface area (TPSA) is 113 Å². The number of nitrogens with two attached hydrogens (primary N) is 1. The van der Waals surface area contributed by atoms with Crippen LogP contribution in [0.25, 0.3) is 11.1 Å². The van der Waals surface area contributed by atoms with E-state index in [9.17, 15) is 9.59 Å². The van der Waals surface area contributed by atoms with E-state index in [4.69, 9.17) is 5.73 Å². The summed E-state index contributed by atoms with van der Waals surface area (Å²) in [6.07, 6.45) is 2.66. The number of aryl methyl sites for hydroxylation is 2. The average molecular weight is 420 g/mol. The van der Waals surface area contributed by atoms with Crippen LogP contribution in [0, 0.1) is 20.8 Å². The molecule has 0 spiro atoms. The van der Waals surface area contributed by atoms with Gasteiger partial charge in [-0.1, -0.05) is 6.92 Å². The fraction of sp³-hybridized carbons (Fsp3) is 0.292. The molecule has 0 aliphatic carbocycles. The van der Waals surface area contributed by atoms with Gasteiger partial charge in [-0.25, -0.2) is 4.98 Å². The first-order valence-electron chi connectivity index (χ1n) is 10.4. The van der Waals surface area contributed by atoms with Crippen molar-refractivity contribution in [1.82, 2.24) is 15.3 Å². The molecule has 5 N–H and O–H groups in total. The zero-order valence-corrected chi connectivity index (χ0v) is 18.4. The molecule has 1 amide bonds. The highest BCUT2D eigenvalue weighted by Crippen LogP contribution is 2.29. The highest BCUT2D eigenvalue weighted by atomic mass is 16.1. The Morgan fingerprint density at radius 2 is 1.90 bits per heavy atom. The number of carbonyl (C=O) groups excluding carboxylic acids is 1. The lowest BCUT2D eigenvalue weighted by atomic mass is 9.98. The average Bonchev–Trinajstić information content (AvgIpc) is 2.72. The molecule has 0 atom stereocenters. The molecule has 31 heavy (non-hydrogen) atoms. The molecule has 0 saturated carbocycles. The molecule has 1 aromatic carbocycles. The van der Waals surface area contributed by atoms with Crippen molar-refractivity contribution >= 4 is 17.4 Å². The molecule has 0 bridgehead atoms. The van der Waals surface area contributed by atoms with Gasteiger partial charge in [0.15, 0.2) is 0 Å². The monoisotopic (exact) mass is 419 g/mol. The summed E-state index contributed by atoms with van der Waals surface area (Å²) in [4.78, 5) is 32.3. The number of anilines is 2. The first-order valence-corrected chi connectivity index (χ1v) is 10.4. The van der Waals surface area contributed by atoms with Crippen LogP contribution in [0.3, 0.4) is 0 Å². The number of carbonyl (C=O) groups is 1. The Bertz CT molecular complexity index is 1150. The third kappa shape index (κ3) is 5.12. The molecule has 0 aliphatic rings. The quantitative estimate of drug-likeness (QED) is 0.466. The van der Waals surface area contributed by atoms with Crippen molar-refractivity contribution < 1.29 is 4.79 Å². The second kappa shape index (κ2) is 9.47. The highest BCUT2D eigenvalue weighted by molar-refractivity contribution is 5.98. The van der Waals surface area contributed by atoms with Gasteiger partial charge in [-0.3, -0.25) is 9.59 Å². The van der Waals surface area contributed by atoms with E-state index in [0.717, 1.165) is 46.6 Å². The van der Waals surface area contributed by atoms with Crippen LogP contribution in [0.2, 0.25) is 0 Å². The molecule has 0 aliphatic heterocycles. The summed E-state index contributed by atoms with van der Waals surface area (Å²) < 4.78 is 0. The number of hydrogen-bond acceptors (Lipinski definition) is 5. The number of aromatic amines is 1. The van der Waals surface area contributed by atoms with Crippen molar-refractivity contribution in [2.24, 2.45) is 0 Å². The largest absolute Gasteiger partial charge is 0.385 e. The fourth-order valence-electron chi connectivity index (χ4n) is 3.50. The van der Waals surface area contributed by atoms with Crippen LogP contribution in [0.5, 0.6) is 0 Å². The van der Waals surface area contributed by atoms with Crippen LogP contribution in [0.15, 0.2) is 41.3 Å². The minimum Gasteiger partial charge on any atom is -0.385 e. The van der Waals surface area contributed by atoms with Crippen LogP contribution >= 0.6 is 0 Å². The molecule has 0 unspecified atom stereocenters. The van der Waals surface area contributed by atoms with Crippen molar-refractivity contribution in [1.29, 1.82) is 0 Å². The highest BCUT2D eigenvalue weighted by Gasteiger charge is 2.16. The van der Waals surface area contributed by atoms with E-state index in [-0.39, 0.29) is 18.0 Å². The maximum atomic E-state index is 13.1. The minimum atomic E-state index is -0.235. The third-order valence-electron chi connectivity index (χ3n) is 5.26. The molecule has 2 heterocycles. The molecule has 2 aromatic heterocycles. The lowest BCUT2D eigenvalue weighted by molar-refractivity contribution is 0.0950. The van der Waals surface area contributed by atoms with Gasteiger partial charge in [0.1, 0.15) is 5.82 Å². The van der Waals surface area contributed by atoms with Gasteiger partial charge in [0, 0.05) is 47.4 Å². The lowest BCUT2D eigenvalue weighted by Crippen LogP contribution is -2.28. The number of H-pyrrole nitrogens is 1. The Morgan fingerprint density at radius 3 is 2.55 bits per heavy atom. The van der Waals surface area contributed by atoms with Gasteiger partial charge in [-0.15, -0.1) is 0 Å². The predicted octanol–water partition coefficient (Wildman–Crippen LogP) is 3.70. The molecule has 7 nitrogen and oxygen atoms in total. The van der Waals surface area contributed by atoms with Crippen LogP contribution < -0.4 is 21.9 Å². The third-order valence-corrected chi connectivity index (χ3v) is 5.26. The number of nitrogens with one attached hydrogen (secondary N) is 3. The van der Waals surface area contributed by atoms with Gasteiger partial charge in [0.25, 0.3) is 11.5 Å². The van der Waals surface area contributed by atoms with Gasteiger partial charge in [0.05, 0.1) is 0 Å². The van der Waals surface area contributed by atoms with Gasteiger partial charge in [0.2, 0.25) is 0 Å². The molecule has 162 valence electrons. The van der Waals surface area contributed by atoms with Crippen molar-refractivity contribution in [3.63, 3.8) is 0 Å². The Balaban J connectivity index is 1.94. The van der Waals surface area contributed by atoms with Crippen LogP contribution in [-0.4, -0.2) is 22.4 Å². The van der Waals surface area contributed by atoms with Crippen molar-refractivity contribution in [2.45, 2.75) is 40.7 Å². The van der Waals surface area contributed by atoms with Gasteiger partial charge in [-0.05, 0) is 74.2 Å². The summed E-state index contributed by atoms with van der Waals surface area (Å²) in [6, 6.07) is 9.38. The molecule has 0 saturated heterocycles. The molecule has 0 radical (unpaired) electrons. The SMILES string of the molecule is CCCNc1cc(-c2ccc(N)nc2)cc(C(=O)NCc2c(C)cc(C)[nH]c2=O)c1C. The summed E-state index contributed by atoms with van der Waals surface area (Å²) in [5.41, 5.74) is 11.8. The Kier molecular flexibility index (Phi) is 6.74. The number of hydrogen-bond donors (Lipinski definition) is 4. The maximum absolute atomic E-state index is 13.1. The number of rotatable bonds is 7. The first-order chi connectivity index (χ1) is 14.8. The number of amides is 1. The van der Waals surface area contributed by atoms with Crippen molar-refractivity contribution in [2.75, 3.05) is 17.6 Å². The van der Waals surface area contributed by atoms with Gasteiger partial charge < -0.3 is 21.4 Å². The smallest absolute Gasteiger partial charge is 0.253 e. The number of pyridine rings is 2. The molecule has 0 fully saturated rings. The zero-order chi connectivity index (χ0) is 22.5. The maximum Gasteiger partial charge on any atom is 0.253 e. The summed E-state index contributed by atoms with van der Waals surface area (Å²) in [5, 5.41) is 6.30. The number of aromatic nitrogens is 2. The predicted molar refractivity (Wildman–Crippen MR) is 125 cm³/mol. The fourth-order valence-corrected chi connectivity index (χ4v) is 3.50. The second-order valence-electron chi connectivity index (χ2n) is 7.72. The van der Waals surface area contributed by atoms with Crippen LogP contribution in [0.4, 0.5) is 11.5 Å². The van der Waals surface area contributed by atoms with E-state index in [1.807, 2.05) is 45.0 Å². The summed E-state index contributed by atoms with van der Waals surface area (Å²) in [5.74, 6) is 0.207. The standard InChI is InChI=1S/C24H29N5O2/c1-5-8-26-21-11-18(17-6-7-22(25)27-12-17)10-19(16(21)4)23(30)28-13-20-14(2)9-15(3)29-24(20)31/h6-7,9-12,26H,5,8,13H2,1-4H3,(H2,25,27)(H,28,30)(H,29,31). The molecule has 3 aromatic rings. The number of nitrogen functional groups attached to an aromatic ring is 1. The van der Waals surface area contributed by atoms with Gasteiger partial charge >= 0.3 is 0 Å². The van der Waals surface area contributed by atoms with Crippen molar-refractivity contribution in [3.05, 3.63) is 74.8 Å². The summed E-state index contributed by atoms with van der Waals surface area (Å²) in [6.45, 7) is 8.67. The normalized spacial score (nSPS) is 10.7. The first kappa shape index (κ1) is 22.1. The Hall–Kier alpha value is -3.61. The summed E-state index contributed by atoms with van der Waals surface area (Å²) >= 11 is 0. The van der Waals surface area contributed by atoms with E-state index in [1.54, 1.807) is 12.3 Å². The Morgan fingerprint density at radius 1 is 1.13 bits per heavy atom. The van der Waals surface area contributed by atoms with E-state index in [0.29, 0.717) is 16.9 Å². The van der Waals surface area contributed by atoms with Crippen LogP contribution in [0.1, 0.15) is 46.1 Å². The number of nitrogens with zero attached hydrogens (tertiary/aromatic N) is 1. The van der Waals surface area contributed by atoms with E-state index in [1.165, 1.54) is 0 Å². The van der Waals surface area contributed by atoms with E-state index in [2.05, 4.69) is 27.5 Å². The molecule has 3 rings (SSSR count). The molecular formula is C24H29N5O2. The van der Waals surface area contributed by atoms with Crippen LogP contribution in [-0.2, 0) is 6.54 Å². The summed E-state index contributed by atoms with van der Waals surface area (Å²) in [7, 11) is 0. The van der Waals surface area contributed by atoms with Crippen molar-refractivity contribution in [3.8, 4) is 11.1 Å². The lowest BCUT2D eigenvalue weighted by Gasteiger charge is -2.16. The molecule has 7 heteroatoms. The van der Waals surface area contributed by atoms with Gasteiger partial charge in [-0.2, -0.15) is 0 Å². The molecular weight excluding hydrogens is 390 g/mol. The van der Waals surface area contributed by atoms with E-state index >= 15 is 0 Å². The van der Waals surface area contributed by atoms with E-state index < -0.39 is 0 Å². The Labute approximate surface area is 182 Å². The number of benzene rings is 1. The zero-order valence-electron chi connectivity index (χ0n) is 18.4. The second-order valence-corrected chi connectivity index (χ2v) is 7.72.